The zero-order valence-corrected chi connectivity index (χ0v) is 24.3. The number of alkyl carbamates (subject to hydrolysis) is 1. The molecule has 0 fully saturated rings. The minimum absolute atomic E-state index is 0.206. The Bertz CT molecular complexity index is 1480. The summed E-state index contributed by atoms with van der Waals surface area (Å²) in [6, 6.07) is 11.9. The predicted molar refractivity (Wildman–Crippen MR) is 155 cm³/mol. The van der Waals surface area contributed by atoms with Gasteiger partial charge in [0.25, 0.3) is 0 Å². The molecule has 40 heavy (non-hydrogen) atoms. The van der Waals surface area contributed by atoms with Gasteiger partial charge in [-0.25, -0.2) is 9.78 Å². The standard InChI is InChI=1S/C27H30N4O6S3/c1-17-13-19(10-11-20(17)31-40(34,35)36)15-21(23-16-39-26(29-23)24-9-6-12-38-24)28-25(32)22(30-27(33)37-2)14-18-7-4-3-5-8-18/h3-12,16-17,21-22,31H,13-15H2,1-2H3,(H,28,32)(H,30,33)(H,34,35,36)/t17?,21-,22-/m0/s1. The maximum absolute atomic E-state index is 13.6. The first kappa shape index (κ1) is 29.5. The second-order valence-corrected chi connectivity index (χ2v) is 12.3. The van der Waals surface area contributed by atoms with Gasteiger partial charge < -0.3 is 15.4 Å². The summed E-state index contributed by atoms with van der Waals surface area (Å²) in [4.78, 5) is 31.5. The van der Waals surface area contributed by atoms with E-state index in [2.05, 4.69) is 15.4 Å². The molecule has 3 aromatic rings. The lowest BCUT2D eigenvalue weighted by Gasteiger charge is -2.26. The number of carbonyl (C=O) groups excluding carboxylic acids is 2. The van der Waals surface area contributed by atoms with Gasteiger partial charge in [-0.15, -0.1) is 22.7 Å². The SMILES string of the molecule is COC(=O)N[C@@H](Cc1ccccc1)C(=O)N[C@@H](CC1=CC=C(NS(=O)(=O)O)C(C)C1)c1csc(-c2cccs2)n1. The Hall–Kier alpha value is -3.52. The zero-order valence-electron chi connectivity index (χ0n) is 21.9. The molecule has 1 unspecified atom stereocenters. The first-order valence-electron chi connectivity index (χ1n) is 12.4. The molecule has 4 rings (SSSR count). The molecule has 1 aliphatic rings. The number of nitrogens with zero attached hydrogens (tertiary/aromatic N) is 1. The highest BCUT2D eigenvalue weighted by Gasteiger charge is 2.28. The van der Waals surface area contributed by atoms with Crippen molar-refractivity contribution in [2.75, 3.05) is 7.11 Å². The summed E-state index contributed by atoms with van der Waals surface area (Å²) in [6.45, 7) is 1.85. The number of thiazole rings is 1. The van der Waals surface area contributed by atoms with E-state index in [0.29, 0.717) is 24.2 Å². The molecule has 2 aromatic heterocycles. The van der Waals surface area contributed by atoms with Crippen LogP contribution in [-0.4, -0.2) is 43.1 Å². The lowest BCUT2D eigenvalue weighted by molar-refractivity contribution is -0.123. The van der Waals surface area contributed by atoms with Crippen molar-refractivity contribution in [2.45, 2.75) is 38.3 Å². The monoisotopic (exact) mass is 602 g/mol. The molecule has 10 nitrogen and oxygen atoms in total. The summed E-state index contributed by atoms with van der Waals surface area (Å²) >= 11 is 3.05. The summed E-state index contributed by atoms with van der Waals surface area (Å²) in [5, 5.41) is 10.4. The van der Waals surface area contributed by atoms with E-state index in [1.807, 2.05) is 60.1 Å². The number of amides is 2. The van der Waals surface area contributed by atoms with Crippen LogP contribution in [0, 0.1) is 5.92 Å². The summed E-state index contributed by atoms with van der Waals surface area (Å²) in [6.07, 6.45) is 3.87. The maximum atomic E-state index is 13.6. The number of rotatable bonds is 11. The van der Waals surface area contributed by atoms with Gasteiger partial charge in [-0.3, -0.25) is 14.1 Å². The number of aromatic nitrogens is 1. The van der Waals surface area contributed by atoms with Gasteiger partial charge in [0.1, 0.15) is 11.0 Å². The molecule has 1 aliphatic carbocycles. The van der Waals surface area contributed by atoms with Crippen molar-refractivity contribution in [3.05, 3.63) is 87.9 Å². The molecule has 2 amide bonds. The van der Waals surface area contributed by atoms with Gasteiger partial charge in [-0.1, -0.05) is 55.0 Å². The van der Waals surface area contributed by atoms with Crippen molar-refractivity contribution < 1.29 is 27.3 Å². The van der Waals surface area contributed by atoms with Gasteiger partial charge in [-0.2, -0.15) is 8.42 Å². The molecule has 0 saturated carbocycles. The van der Waals surface area contributed by atoms with Crippen LogP contribution in [0.25, 0.3) is 9.88 Å². The van der Waals surface area contributed by atoms with E-state index in [1.165, 1.54) is 18.4 Å². The molecule has 0 spiro atoms. The van der Waals surface area contributed by atoms with E-state index in [4.69, 9.17) is 9.72 Å². The molecule has 0 radical (unpaired) electrons. The molecular formula is C27H30N4O6S3. The Kier molecular flexibility index (Phi) is 9.74. The van der Waals surface area contributed by atoms with E-state index in [9.17, 15) is 22.6 Å². The molecule has 3 atom stereocenters. The van der Waals surface area contributed by atoms with Crippen molar-refractivity contribution >= 4 is 45.0 Å². The van der Waals surface area contributed by atoms with Gasteiger partial charge >= 0.3 is 16.4 Å². The molecule has 0 aliphatic heterocycles. The van der Waals surface area contributed by atoms with Crippen LogP contribution in [0.4, 0.5) is 4.79 Å². The molecule has 1 aromatic carbocycles. The van der Waals surface area contributed by atoms with E-state index in [-0.39, 0.29) is 12.3 Å². The van der Waals surface area contributed by atoms with Gasteiger partial charge in [0, 0.05) is 23.4 Å². The first-order chi connectivity index (χ1) is 19.1. The van der Waals surface area contributed by atoms with Crippen LogP contribution in [0.5, 0.6) is 0 Å². The minimum atomic E-state index is -4.38. The third kappa shape index (κ3) is 8.24. The van der Waals surface area contributed by atoms with Crippen LogP contribution in [0.2, 0.25) is 0 Å². The van der Waals surface area contributed by atoms with E-state index in [0.717, 1.165) is 21.0 Å². The highest BCUT2D eigenvalue weighted by Crippen LogP contribution is 2.34. The number of ether oxygens (including phenoxy) is 1. The summed E-state index contributed by atoms with van der Waals surface area (Å²) < 4.78 is 38.7. The Labute approximate surface area is 241 Å². The van der Waals surface area contributed by atoms with Crippen LogP contribution in [0.15, 0.2) is 76.6 Å². The van der Waals surface area contributed by atoms with Crippen molar-refractivity contribution in [1.29, 1.82) is 0 Å². The molecular weight excluding hydrogens is 573 g/mol. The first-order valence-corrected chi connectivity index (χ1v) is 15.6. The second kappa shape index (κ2) is 13.2. The third-order valence-electron chi connectivity index (χ3n) is 6.32. The van der Waals surface area contributed by atoms with E-state index >= 15 is 0 Å². The lowest BCUT2D eigenvalue weighted by Crippen LogP contribution is -2.49. The van der Waals surface area contributed by atoms with Gasteiger partial charge in [0.05, 0.1) is 23.7 Å². The smallest absolute Gasteiger partial charge is 0.407 e. The summed E-state index contributed by atoms with van der Waals surface area (Å²) in [5.41, 5.74) is 2.89. The Morgan fingerprint density at radius 1 is 1.10 bits per heavy atom. The highest BCUT2D eigenvalue weighted by atomic mass is 32.2. The summed E-state index contributed by atoms with van der Waals surface area (Å²) in [7, 11) is -3.14. The zero-order chi connectivity index (χ0) is 28.7. The fraction of sp³-hybridized carbons (Fsp3) is 0.296. The van der Waals surface area contributed by atoms with Gasteiger partial charge in [-0.05, 0) is 35.9 Å². The highest BCUT2D eigenvalue weighted by molar-refractivity contribution is 7.83. The average Bonchev–Trinajstić information content (AvgIpc) is 3.62. The van der Waals surface area contributed by atoms with Crippen LogP contribution >= 0.6 is 22.7 Å². The largest absolute Gasteiger partial charge is 0.453 e. The number of thiophene rings is 1. The topological polar surface area (TPSA) is 147 Å². The van der Waals surface area contributed by atoms with Gasteiger partial charge in [0.15, 0.2) is 0 Å². The number of hydrogen-bond donors (Lipinski definition) is 4. The number of hydrogen-bond acceptors (Lipinski definition) is 8. The van der Waals surface area contributed by atoms with Gasteiger partial charge in [0.2, 0.25) is 5.91 Å². The molecule has 13 heteroatoms. The van der Waals surface area contributed by atoms with Crippen LogP contribution < -0.4 is 15.4 Å². The van der Waals surface area contributed by atoms with E-state index in [1.54, 1.807) is 23.5 Å². The number of carbonyl (C=O) groups is 2. The second-order valence-electron chi connectivity index (χ2n) is 9.33. The Morgan fingerprint density at radius 3 is 2.52 bits per heavy atom. The fourth-order valence-electron chi connectivity index (χ4n) is 4.36. The molecule has 4 N–H and O–H groups in total. The third-order valence-corrected chi connectivity index (χ3v) is 8.71. The quantitative estimate of drug-likeness (QED) is 0.234. The van der Waals surface area contributed by atoms with Crippen LogP contribution in [0.1, 0.15) is 37.1 Å². The lowest BCUT2D eigenvalue weighted by atomic mass is 9.89. The van der Waals surface area contributed by atoms with Crippen molar-refractivity contribution in [3.8, 4) is 9.88 Å². The normalized spacial score (nSPS) is 16.7. The van der Waals surface area contributed by atoms with Crippen molar-refractivity contribution in [2.24, 2.45) is 5.92 Å². The number of benzene rings is 1. The van der Waals surface area contributed by atoms with Crippen molar-refractivity contribution in [1.82, 2.24) is 20.3 Å². The predicted octanol–water partition coefficient (Wildman–Crippen LogP) is 4.63. The van der Waals surface area contributed by atoms with Crippen molar-refractivity contribution in [3.63, 3.8) is 0 Å². The minimum Gasteiger partial charge on any atom is -0.453 e. The Morgan fingerprint density at radius 2 is 1.88 bits per heavy atom. The summed E-state index contributed by atoms with van der Waals surface area (Å²) in [5.74, 6) is -0.596. The maximum Gasteiger partial charge on any atom is 0.407 e. The molecule has 2 heterocycles. The number of methoxy groups -OCH3 is 1. The number of allylic oxidation sites excluding steroid dienone is 3. The fourth-order valence-corrected chi connectivity index (χ4v) is 6.62. The Balaban J connectivity index is 1.60. The van der Waals surface area contributed by atoms with Crippen LogP contribution in [-0.2, 0) is 26.3 Å². The molecule has 212 valence electrons. The van der Waals surface area contributed by atoms with E-state index < -0.39 is 34.4 Å². The molecule has 0 bridgehead atoms. The number of nitrogens with one attached hydrogen (secondary N) is 3. The molecule has 0 saturated heterocycles. The van der Waals surface area contributed by atoms with Crippen LogP contribution in [0.3, 0.4) is 0 Å². The average molecular weight is 603 g/mol.